The quantitative estimate of drug-likeness (QED) is 0.627. The Bertz CT molecular complexity index is 457. The first kappa shape index (κ1) is 8.73. The third-order valence-corrected chi connectivity index (χ3v) is 2.45. The topological polar surface area (TPSA) is 78.9 Å². The van der Waals surface area contributed by atoms with E-state index in [0.717, 1.165) is 0 Å². The van der Waals surface area contributed by atoms with Crippen LogP contribution in [0.15, 0.2) is 18.2 Å². The average molecular weight is 187 g/mol. The molecule has 1 atom stereocenters. The summed E-state index contributed by atoms with van der Waals surface area (Å²) in [7, 11) is 0. The van der Waals surface area contributed by atoms with Gasteiger partial charge in [-0.25, -0.2) is 0 Å². The molecule has 4 nitrogen and oxygen atoms in total. The van der Waals surface area contributed by atoms with Gasteiger partial charge in [-0.3, -0.25) is 4.79 Å². The van der Waals surface area contributed by atoms with Gasteiger partial charge in [-0.1, -0.05) is 12.1 Å². The van der Waals surface area contributed by atoms with E-state index in [2.05, 4.69) is 5.32 Å². The highest BCUT2D eigenvalue weighted by molar-refractivity contribution is 6.06. The highest BCUT2D eigenvalue weighted by Gasteiger charge is 2.39. The van der Waals surface area contributed by atoms with E-state index in [9.17, 15) is 4.79 Å². The van der Waals surface area contributed by atoms with Gasteiger partial charge in [-0.2, -0.15) is 5.26 Å². The number of hydrogen-bond acceptors (Lipinski definition) is 3. The second kappa shape index (κ2) is 2.56. The largest absolute Gasteiger partial charge is 0.323 e. The lowest BCUT2D eigenvalue weighted by Crippen LogP contribution is -2.40. The molecule has 14 heavy (non-hydrogen) atoms. The molecule has 1 aromatic carbocycles. The van der Waals surface area contributed by atoms with E-state index >= 15 is 0 Å². The van der Waals surface area contributed by atoms with Crippen LogP contribution < -0.4 is 11.1 Å². The molecule has 1 aliphatic heterocycles. The summed E-state index contributed by atoms with van der Waals surface area (Å²) in [6.07, 6.45) is 0. The normalized spacial score (nSPS) is 23.9. The van der Waals surface area contributed by atoms with Crippen molar-refractivity contribution in [3.8, 4) is 6.07 Å². The number of nitrogens with two attached hydrogens (primary N) is 1. The number of carbonyl (C=O) groups excluding carboxylic acids is 1. The number of hydrogen-bond donors (Lipinski definition) is 2. The van der Waals surface area contributed by atoms with Crippen LogP contribution in [0, 0.1) is 11.3 Å². The summed E-state index contributed by atoms with van der Waals surface area (Å²) in [5.41, 5.74) is 6.49. The van der Waals surface area contributed by atoms with Crippen LogP contribution in [0.5, 0.6) is 0 Å². The average Bonchev–Trinajstić information content (AvgIpc) is 2.39. The summed E-state index contributed by atoms with van der Waals surface area (Å²) in [4.78, 5) is 11.5. The molecular formula is C10H9N3O. The minimum atomic E-state index is -1.03. The van der Waals surface area contributed by atoms with E-state index in [-0.39, 0.29) is 5.91 Å². The zero-order valence-electron chi connectivity index (χ0n) is 7.66. The number of nitrogens with one attached hydrogen (secondary N) is 1. The van der Waals surface area contributed by atoms with Crippen LogP contribution in [-0.2, 0) is 10.3 Å². The number of rotatable bonds is 0. The number of amides is 1. The third kappa shape index (κ3) is 0.932. The fourth-order valence-corrected chi connectivity index (χ4v) is 1.58. The van der Waals surface area contributed by atoms with E-state index in [4.69, 9.17) is 11.0 Å². The lowest BCUT2D eigenvalue weighted by molar-refractivity contribution is -0.120. The van der Waals surface area contributed by atoms with Crippen molar-refractivity contribution in [2.24, 2.45) is 5.73 Å². The first-order valence-electron chi connectivity index (χ1n) is 4.21. The van der Waals surface area contributed by atoms with Crippen LogP contribution in [-0.4, -0.2) is 5.91 Å². The molecule has 0 aromatic heterocycles. The first-order chi connectivity index (χ1) is 6.57. The molecule has 70 valence electrons. The molecule has 0 bridgehead atoms. The van der Waals surface area contributed by atoms with Gasteiger partial charge in [-0.05, 0) is 13.0 Å². The van der Waals surface area contributed by atoms with Crippen molar-refractivity contribution >= 4 is 11.6 Å². The summed E-state index contributed by atoms with van der Waals surface area (Å²) in [6, 6.07) is 7.15. The second-order valence-corrected chi connectivity index (χ2v) is 3.50. The number of nitrogens with zero attached hydrogens (tertiary/aromatic N) is 1. The minimum Gasteiger partial charge on any atom is -0.323 e. The molecule has 0 saturated carbocycles. The smallest absolute Gasteiger partial charge is 0.248 e. The number of anilines is 1. The summed E-state index contributed by atoms with van der Waals surface area (Å²) in [5, 5.41) is 11.4. The molecule has 0 fully saturated rings. The van der Waals surface area contributed by atoms with Crippen LogP contribution in [0.25, 0.3) is 0 Å². The maximum absolute atomic E-state index is 11.5. The van der Waals surface area contributed by atoms with Gasteiger partial charge in [0.1, 0.15) is 11.6 Å². The van der Waals surface area contributed by atoms with Crippen LogP contribution in [0.4, 0.5) is 5.69 Å². The van der Waals surface area contributed by atoms with Gasteiger partial charge in [0.15, 0.2) is 0 Å². The lowest BCUT2D eigenvalue weighted by Gasteiger charge is -2.14. The van der Waals surface area contributed by atoms with Gasteiger partial charge >= 0.3 is 0 Å². The molecule has 0 aliphatic carbocycles. The Morgan fingerprint density at radius 2 is 2.29 bits per heavy atom. The number of benzene rings is 1. The molecule has 1 heterocycles. The Morgan fingerprint density at radius 1 is 1.57 bits per heavy atom. The Kier molecular flexibility index (Phi) is 1.60. The van der Waals surface area contributed by atoms with E-state index in [1.165, 1.54) is 0 Å². The predicted octanol–water partition coefficient (Wildman–Crippen LogP) is 0.684. The highest BCUT2D eigenvalue weighted by atomic mass is 16.2. The standard InChI is InChI=1S/C10H9N3O/c1-10(12)7-4-2-3-6(5-11)8(7)13-9(10)14/h2-4H,12H2,1H3,(H,13,14)/t10-/m1/s1. The van der Waals surface area contributed by atoms with Crippen molar-refractivity contribution in [3.63, 3.8) is 0 Å². The Morgan fingerprint density at radius 3 is 2.93 bits per heavy atom. The third-order valence-electron chi connectivity index (χ3n) is 2.45. The van der Waals surface area contributed by atoms with Crippen molar-refractivity contribution in [2.45, 2.75) is 12.5 Å². The second-order valence-electron chi connectivity index (χ2n) is 3.50. The summed E-state index contributed by atoms with van der Waals surface area (Å²) < 4.78 is 0. The molecule has 1 amide bonds. The van der Waals surface area contributed by atoms with Crippen molar-refractivity contribution < 1.29 is 4.79 Å². The monoisotopic (exact) mass is 187 g/mol. The predicted molar refractivity (Wildman–Crippen MR) is 51.3 cm³/mol. The Labute approximate surface area is 81.3 Å². The molecule has 0 saturated heterocycles. The molecule has 0 spiro atoms. The fourth-order valence-electron chi connectivity index (χ4n) is 1.58. The van der Waals surface area contributed by atoms with Gasteiger partial charge in [-0.15, -0.1) is 0 Å². The van der Waals surface area contributed by atoms with Crippen molar-refractivity contribution in [3.05, 3.63) is 29.3 Å². The SMILES string of the molecule is C[C@]1(N)C(=O)Nc2c(C#N)cccc21. The molecular weight excluding hydrogens is 178 g/mol. The van der Waals surface area contributed by atoms with Crippen molar-refractivity contribution in [2.75, 3.05) is 5.32 Å². The van der Waals surface area contributed by atoms with Gasteiger partial charge in [0.05, 0.1) is 11.3 Å². The number of para-hydroxylation sites is 1. The van der Waals surface area contributed by atoms with Crippen molar-refractivity contribution in [1.82, 2.24) is 0 Å². The minimum absolute atomic E-state index is 0.268. The molecule has 0 radical (unpaired) electrons. The van der Waals surface area contributed by atoms with Gasteiger partial charge < -0.3 is 11.1 Å². The zero-order chi connectivity index (χ0) is 10.3. The fraction of sp³-hybridized carbons (Fsp3) is 0.200. The molecule has 3 N–H and O–H groups in total. The number of fused-ring (bicyclic) bond motifs is 1. The van der Waals surface area contributed by atoms with E-state index in [1.54, 1.807) is 25.1 Å². The van der Waals surface area contributed by atoms with Crippen LogP contribution >= 0.6 is 0 Å². The van der Waals surface area contributed by atoms with E-state index in [0.29, 0.717) is 16.8 Å². The maximum atomic E-state index is 11.5. The van der Waals surface area contributed by atoms with Crippen LogP contribution in [0.2, 0.25) is 0 Å². The summed E-state index contributed by atoms with van der Waals surface area (Å²) >= 11 is 0. The number of nitriles is 1. The first-order valence-corrected chi connectivity index (χ1v) is 4.21. The maximum Gasteiger partial charge on any atom is 0.248 e. The Balaban J connectivity index is 2.71. The zero-order valence-corrected chi connectivity index (χ0v) is 7.66. The summed E-state index contributed by atoms with van der Waals surface area (Å²) in [6.45, 7) is 1.63. The molecule has 2 rings (SSSR count). The van der Waals surface area contributed by atoms with E-state index < -0.39 is 5.54 Å². The van der Waals surface area contributed by atoms with E-state index in [1.807, 2.05) is 6.07 Å². The number of carbonyl (C=O) groups is 1. The molecule has 0 unspecified atom stereocenters. The molecule has 1 aliphatic rings. The van der Waals surface area contributed by atoms with Gasteiger partial charge in [0.2, 0.25) is 5.91 Å². The highest BCUT2D eigenvalue weighted by Crippen LogP contribution is 2.35. The Hall–Kier alpha value is -1.86. The van der Waals surface area contributed by atoms with Crippen molar-refractivity contribution in [1.29, 1.82) is 5.26 Å². The van der Waals surface area contributed by atoms with Gasteiger partial charge in [0, 0.05) is 5.56 Å². The molecule has 4 heteroatoms. The lowest BCUT2D eigenvalue weighted by atomic mass is 9.94. The van der Waals surface area contributed by atoms with Crippen LogP contribution in [0.3, 0.4) is 0 Å². The van der Waals surface area contributed by atoms with Gasteiger partial charge in [0.25, 0.3) is 0 Å². The summed E-state index contributed by atoms with van der Waals surface area (Å²) in [5.74, 6) is -0.268. The molecule has 1 aromatic rings. The van der Waals surface area contributed by atoms with Crippen LogP contribution in [0.1, 0.15) is 18.1 Å².